The minimum atomic E-state index is 0.0283. The number of fused-ring (bicyclic) bond motifs is 1. The van der Waals surface area contributed by atoms with E-state index >= 15 is 0 Å². The van der Waals surface area contributed by atoms with Crippen molar-refractivity contribution in [2.45, 2.75) is 50.7 Å². The van der Waals surface area contributed by atoms with Crippen molar-refractivity contribution in [1.82, 2.24) is 24.8 Å². The van der Waals surface area contributed by atoms with Crippen LogP contribution in [-0.2, 0) is 4.79 Å². The third kappa shape index (κ3) is 4.55. The van der Waals surface area contributed by atoms with Gasteiger partial charge in [0, 0.05) is 60.4 Å². The van der Waals surface area contributed by atoms with Crippen molar-refractivity contribution in [2.75, 3.05) is 25.0 Å². The fourth-order valence-electron chi connectivity index (χ4n) is 5.52. The maximum Gasteiger partial charge on any atom is 0.246 e. The number of H-pyrrole nitrogens is 1. The van der Waals surface area contributed by atoms with Gasteiger partial charge in [-0.2, -0.15) is 0 Å². The molecule has 1 saturated heterocycles. The second kappa shape index (κ2) is 9.76. The zero-order valence-electron chi connectivity index (χ0n) is 19.5. The van der Waals surface area contributed by atoms with Crippen LogP contribution in [-0.4, -0.2) is 68.4 Å². The predicted molar refractivity (Wildman–Crippen MR) is 137 cm³/mol. The van der Waals surface area contributed by atoms with Gasteiger partial charge in [-0.05, 0) is 44.7 Å². The third-order valence-corrected chi connectivity index (χ3v) is 7.48. The highest BCUT2D eigenvalue weighted by Gasteiger charge is 2.33. The summed E-state index contributed by atoms with van der Waals surface area (Å²) >= 11 is 6.51. The predicted octanol–water partition coefficient (Wildman–Crippen LogP) is 4.72. The summed E-state index contributed by atoms with van der Waals surface area (Å²) in [4.78, 5) is 29.1. The van der Waals surface area contributed by atoms with Crippen LogP contribution in [0.4, 0.5) is 5.95 Å². The fourth-order valence-corrected chi connectivity index (χ4v) is 5.71. The molecular weight excluding hydrogens is 448 g/mol. The van der Waals surface area contributed by atoms with E-state index in [9.17, 15) is 4.79 Å². The highest BCUT2D eigenvalue weighted by molar-refractivity contribution is 6.33. The highest BCUT2D eigenvalue weighted by atomic mass is 35.5. The number of nitrogens with one attached hydrogen (secondary N) is 2. The number of nitrogens with zero attached hydrogens (tertiary/aromatic N) is 4. The second-order valence-electron chi connectivity index (χ2n) is 9.38. The molecule has 0 bridgehead atoms. The van der Waals surface area contributed by atoms with Gasteiger partial charge in [0.2, 0.25) is 11.9 Å². The van der Waals surface area contributed by atoms with E-state index < -0.39 is 0 Å². The molecule has 7 nitrogen and oxygen atoms in total. The molecule has 1 saturated carbocycles. The average Bonchev–Trinajstić information content (AvgIpc) is 3.29. The van der Waals surface area contributed by atoms with Gasteiger partial charge in [0.25, 0.3) is 0 Å². The average molecular weight is 479 g/mol. The van der Waals surface area contributed by atoms with Crippen LogP contribution in [0.15, 0.2) is 49.3 Å². The number of amides is 1. The van der Waals surface area contributed by atoms with Gasteiger partial charge in [-0.15, -0.1) is 0 Å². The van der Waals surface area contributed by atoms with E-state index in [1.807, 2.05) is 29.3 Å². The summed E-state index contributed by atoms with van der Waals surface area (Å²) in [5, 5.41) is 5.21. The lowest BCUT2D eigenvalue weighted by Gasteiger charge is -2.46. The molecule has 3 aromatic rings. The molecule has 0 unspecified atom stereocenters. The Morgan fingerprint density at radius 3 is 2.97 bits per heavy atom. The van der Waals surface area contributed by atoms with Crippen LogP contribution in [0, 0.1) is 0 Å². The van der Waals surface area contributed by atoms with Crippen LogP contribution in [0.1, 0.15) is 32.6 Å². The Balaban J connectivity index is 1.28. The molecule has 1 aliphatic heterocycles. The van der Waals surface area contributed by atoms with Crippen LogP contribution < -0.4 is 5.32 Å². The molecule has 1 aromatic carbocycles. The first-order chi connectivity index (χ1) is 16.5. The number of carbonyl (C=O) groups is 1. The number of aromatic nitrogens is 3. The van der Waals surface area contributed by atoms with Crippen molar-refractivity contribution in [3.05, 3.63) is 54.3 Å². The second-order valence-corrected chi connectivity index (χ2v) is 9.78. The summed E-state index contributed by atoms with van der Waals surface area (Å²) in [6.45, 7) is 8.27. The van der Waals surface area contributed by atoms with Gasteiger partial charge in [-0.3, -0.25) is 9.69 Å². The van der Waals surface area contributed by atoms with Gasteiger partial charge in [-0.1, -0.05) is 36.4 Å². The zero-order valence-corrected chi connectivity index (χ0v) is 20.3. The van der Waals surface area contributed by atoms with E-state index in [0.717, 1.165) is 61.1 Å². The van der Waals surface area contributed by atoms with Crippen molar-refractivity contribution in [2.24, 2.45) is 0 Å². The summed E-state index contributed by atoms with van der Waals surface area (Å²) in [6.07, 6.45) is 9.52. The molecular formula is C26H31ClN6O. The fraction of sp³-hybridized carbons (Fsp3) is 0.423. The molecule has 0 radical (unpaired) electrons. The summed E-state index contributed by atoms with van der Waals surface area (Å²) in [5.74, 6) is 0.644. The van der Waals surface area contributed by atoms with Crippen LogP contribution in [0.3, 0.4) is 0 Å². The van der Waals surface area contributed by atoms with Crippen molar-refractivity contribution in [1.29, 1.82) is 0 Å². The molecule has 2 fully saturated rings. The van der Waals surface area contributed by atoms with Crippen molar-refractivity contribution >= 4 is 34.4 Å². The molecule has 2 aliphatic rings. The Labute approximate surface area is 205 Å². The molecule has 34 heavy (non-hydrogen) atoms. The Hall–Kier alpha value is -2.90. The lowest BCUT2D eigenvalue weighted by Crippen LogP contribution is -2.57. The number of hydrogen-bond acceptors (Lipinski definition) is 5. The summed E-state index contributed by atoms with van der Waals surface area (Å²) in [5.41, 5.74) is 2.77. The van der Waals surface area contributed by atoms with Gasteiger partial charge in [-0.25, -0.2) is 9.97 Å². The number of hydrogen-bond donors (Lipinski definition) is 2. The van der Waals surface area contributed by atoms with Crippen molar-refractivity contribution in [3.8, 4) is 11.3 Å². The topological polar surface area (TPSA) is 77.2 Å². The monoisotopic (exact) mass is 478 g/mol. The van der Waals surface area contributed by atoms with Crippen LogP contribution in [0.2, 0.25) is 5.02 Å². The van der Waals surface area contributed by atoms with Gasteiger partial charge < -0.3 is 15.2 Å². The number of para-hydroxylation sites is 1. The lowest BCUT2D eigenvalue weighted by atomic mass is 9.88. The minimum Gasteiger partial charge on any atom is -0.360 e. The molecule has 5 rings (SSSR count). The number of anilines is 1. The zero-order chi connectivity index (χ0) is 23.7. The number of carbonyl (C=O) groups excluding carboxylic acids is 1. The van der Waals surface area contributed by atoms with Gasteiger partial charge in [0.1, 0.15) is 0 Å². The molecule has 1 amide bonds. The van der Waals surface area contributed by atoms with E-state index in [2.05, 4.69) is 39.8 Å². The van der Waals surface area contributed by atoms with Crippen molar-refractivity contribution in [3.63, 3.8) is 0 Å². The van der Waals surface area contributed by atoms with E-state index in [0.29, 0.717) is 29.1 Å². The lowest BCUT2D eigenvalue weighted by molar-refractivity contribution is -0.129. The summed E-state index contributed by atoms with van der Waals surface area (Å²) in [6, 6.07) is 9.27. The number of rotatable bonds is 5. The Morgan fingerprint density at radius 1 is 1.29 bits per heavy atom. The Kier molecular flexibility index (Phi) is 6.57. The third-order valence-electron chi connectivity index (χ3n) is 7.20. The maximum atomic E-state index is 12.0. The van der Waals surface area contributed by atoms with Crippen LogP contribution >= 0.6 is 11.6 Å². The number of halogens is 1. The highest BCUT2D eigenvalue weighted by Crippen LogP contribution is 2.33. The quantitative estimate of drug-likeness (QED) is 0.519. The molecule has 178 valence electrons. The molecule has 1 aliphatic carbocycles. The SMILES string of the molecule is C=CC(=O)N1CCN([C@@H]2CCC[C@@H](Nc3ncc(Cl)c(-c4c[nH]c5ccccc45)n3)C2)[C@H](C)C1. The molecule has 3 heterocycles. The first-order valence-corrected chi connectivity index (χ1v) is 12.4. The molecule has 2 aromatic heterocycles. The Bertz CT molecular complexity index is 1190. The normalized spacial score (nSPS) is 23.7. The number of aromatic amines is 1. The first-order valence-electron chi connectivity index (χ1n) is 12.1. The molecule has 3 atom stereocenters. The molecule has 0 spiro atoms. The smallest absolute Gasteiger partial charge is 0.246 e. The largest absolute Gasteiger partial charge is 0.360 e. The first kappa shape index (κ1) is 22.9. The summed E-state index contributed by atoms with van der Waals surface area (Å²) < 4.78 is 0. The van der Waals surface area contributed by atoms with Crippen LogP contribution in [0.5, 0.6) is 0 Å². The van der Waals surface area contributed by atoms with E-state index in [1.165, 1.54) is 12.5 Å². The van der Waals surface area contributed by atoms with Gasteiger partial charge >= 0.3 is 0 Å². The van der Waals surface area contributed by atoms with Gasteiger partial charge in [0.15, 0.2) is 0 Å². The van der Waals surface area contributed by atoms with Crippen molar-refractivity contribution < 1.29 is 4.79 Å². The van der Waals surface area contributed by atoms with Gasteiger partial charge in [0.05, 0.1) is 16.9 Å². The minimum absolute atomic E-state index is 0.0283. The number of benzene rings is 1. The Morgan fingerprint density at radius 2 is 2.15 bits per heavy atom. The maximum absolute atomic E-state index is 12.0. The molecule has 2 N–H and O–H groups in total. The van der Waals surface area contributed by atoms with E-state index in [4.69, 9.17) is 16.6 Å². The number of piperazine rings is 1. The molecule has 8 heteroatoms. The standard InChI is InChI=1S/C26H31ClN6O/c1-3-24(34)32-11-12-33(17(2)16-32)19-8-6-7-18(13-19)30-26-29-15-22(27)25(31-26)21-14-28-23-10-5-4-9-20(21)23/h3-5,9-10,14-15,17-19,28H,1,6-8,11-13,16H2,2H3,(H,29,30,31)/t17-,18-,19-/m1/s1. The summed E-state index contributed by atoms with van der Waals surface area (Å²) in [7, 11) is 0. The van der Waals surface area contributed by atoms with E-state index in [-0.39, 0.29) is 5.91 Å². The van der Waals surface area contributed by atoms with Crippen LogP contribution in [0.25, 0.3) is 22.2 Å². The van der Waals surface area contributed by atoms with E-state index in [1.54, 1.807) is 6.20 Å².